The van der Waals surface area contributed by atoms with E-state index in [0.29, 0.717) is 25.4 Å². The fraction of sp³-hybridized carbons (Fsp3) is 0.538. The van der Waals surface area contributed by atoms with Gasteiger partial charge in [0, 0.05) is 25.2 Å². The van der Waals surface area contributed by atoms with Gasteiger partial charge in [-0.15, -0.1) is 0 Å². The highest BCUT2D eigenvalue weighted by molar-refractivity contribution is 5.65. The molecule has 0 saturated carbocycles. The molecule has 3 rings (SSSR count). The van der Waals surface area contributed by atoms with Crippen molar-refractivity contribution in [3.63, 3.8) is 0 Å². The molecule has 0 unspecified atom stereocenters. The zero-order valence-corrected chi connectivity index (χ0v) is 19.1. The molecule has 1 fully saturated rings. The lowest BCUT2D eigenvalue weighted by Crippen LogP contribution is -2.30. The van der Waals surface area contributed by atoms with Crippen LogP contribution in [0.4, 0.5) is 8.78 Å². The average molecular weight is 449 g/mol. The van der Waals surface area contributed by atoms with Crippen molar-refractivity contribution in [3.05, 3.63) is 53.6 Å². The van der Waals surface area contributed by atoms with Crippen LogP contribution < -0.4 is 4.74 Å². The summed E-state index contributed by atoms with van der Waals surface area (Å²) >= 11 is 0. The number of hydrogen-bond donors (Lipinski definition) is 0. The standard InChI is InChI=1S/C26H34F2O4/c1-3-8-24-31-17-21(18-32-24)19-9-11-20(12-10-19)22-13-14-23(26(28)25(22)27)30-16-7-5-4-6-15-29-2/h9-14,21,24H,3-8,15-18H2,1-2H3. The lowest BCUT2D eigenvalue weighted by molar-refractivity contribution is -0.189. The average Bonchev–Trinajstić information content (AvgIpc) is 2.82. The minimum absolute atomic E-state index is 0.0436. The van der Waals surface area contributed by atoms with Crippen molar-refractivity contribution >= 4 is 0 Å². The third kappa shape index (κ3) is 6.74. The van der Waals surface area contributed by atoms with Gasteiger partial charge in [0.15, 0.2) is 17.9 Å². The summed E-state index contributed by atoms with van der Waals surface area (Å²) in [5.41, 5.74) is 1.91. The van der Waals surface area contributed by atoms with Gasteiger partial charge in [0.25, 0.3) is 0 Å². The van der Waals surface area contributed by atoms with E-state index in [1.807, 2.05) is 24.3 Å². The van der Waals surface area contributed by atoms with Crippen molar-refractivity contribution < 1.29 is 27.7 Å². The van der Waals surface area contributed by atoms with Gasteiger partial charge in [-0.25, -0.2) is 4.39 Å². The van der Waals surface area contributed by atoms with Gasteiger partial charge in [-0.3, -0.25) is 0 Å². The Balaban J connectivity index is 1.55. The van der Waals surface area contributed by atoms with E-state index in [4.69, 9.17) is 18.9 Å². The molecule has 4 nitrogen and oxygen atoms in total. The second kappa shape index (κ2) is 12.9. The van der Waals surface area contributed by atoms with Crippen molar-refractivity contribution in [3.8, 4) is 16.9 Å². The van der Waals surface area contributed by atoms with Crippen molar-refractivity contribution in [2.24, 2.45) is 0 Å². The lowest BCUT2D eigenvalue weighted by Gasteiger charge is -2.29. The number of unbranched alkanes of at least 4 members (excludes halogenated alkanes) is 3. The zero-order valence-electron chi connectivity index (χ0n) is 19.1. The summed E-state index contributed by atoms with van der Waals surface area (Å²) in [5.74, 6) is -1.73. The van der Waals surface area contributed by atoms with Gasteiger partial charge < -0.3 is 18.9 Å². The maximum absolute atomic E-state index is 14.7. The van der Waals surface area contributed by atoms with Gasteiger partial charge in [0.05, 0.1) is 19.8 Å². The van der Waals surface area contributed by atoms with E-state index in [0.717, 1.165) is 50.7 Å². The number of halogens is 2. The van der Waals surface area contributed by atoms with E-state index in [-0.39, 0.29) is 23.5 Å². The van der Waals surface area contributed by atoms with E-state index in [1.54, 1.807) is 13.2 Å². The van der Waals surface area contributed by atoms with Crippen LogP contribution in [0.3, 0.4) is 0 Å². The predicted molar refractivity (Wildman–Crippen MR) is 121 cm³/mol. The molecule has 2 aromatic rings. The smallest absolute Gasteiger partial charge is 0.201 e. The molecule has 0 spiro atoms. The Morgan fingerprint density at radius 3 is 2.22 bits per heavy atom. The molecule has 176 valence electrons. The summed E-state index contributed by atoms with van der Waals surface area (Å²) in [6, 6.07) is 10.6. The van der Waals surface area contributed by atoms with Crippen molar-refractivity contribution in [1.82, 2.24) is 0 Å². The Bertz CT molecular complexity index is 817. The number of rotatable bonds is 12. The molecule has 0 amide bonds. The third-order valence-electron chi connectivity index (χ3n) is 5.73. The summed E-state index contributed by atoms with van der Waals surface area (Å²) in [7, 11) is 1.68. The molecule has 1 aliphatic rings. The van der Waals surface area contributed by atoms with E-state index >= 15 is 0 Å². The Hall–Kier alpha value is -2.02. The Labute approximate surface area is 189 Å². The van der Waals surface area contributed by atoms with E-state index in [2.05, 4.69) is 6.92 Å². The monoisotopic (exact) mass is 448 g/mol. The summed E-state index contributed by atoms with van der Waals surface area (Å²) in [5, 5.41) is 0. The molecule has 1 heterocycles. The van der Waals surface area contributed by atoms with Crippen LogP contribution in [0.15, 0.2) is 36.4 Å². The molecular weight excluding hydrogens is 414 g/mol. The first-order valence-electron chi connectivity index (χ1n) is 11.6. The fourth-order valence-electron chi connectivity index (χ4n) is 3.82. The summed E-state index contributed by atoms with van der Waals surface area (Å²) in [6.07, 6.45) is 5.57. The second-order valence-electron chi connectivity index (χ2n) is 8.20. The van der Waals surface area contributed by atoms with Crippen molar-refractivity contribution in [2.75, 3.05) is 33.5 Å². The molecule has 0 bridgehead atoms. The van der Waals surface area contributed by atoms with Crippen LogP contribution >= 0.6 is 0 Å². The first-order chi connectivity index (χ1) is 15.6. The van der Waals surface area contributed by atoms with Gasteiger partial charge in [-0.1, -0.05) is 44.0 Å². The molecule has 2 aromatic carbocycles. The van der Waals surface area contributed by atoms with E-state index in [1.165, 1.54) is 6.07 Å². The minimum Gasteiger partial charge on any atom is -0.490 e. The summed E-state index contributed by atoms with van der Waals surface area (Å²) in [6.45, 7) is 4.41. The van der Waals surface area contributed by atoms with Crippen LogP contribution in [-0.2, 0) is 14.2 Å². The molecule has 1 saturated heterocycles. The van der Waals surface area contributed by atoms with Crippen LogP contribution in [0.1, 0.15) is 56.9 Å². The normalized spacial score (nSPS) is 18.6. The van der Waals surface area contributed by atoms with Gasteiger partial charge in [-0.05, 0) is 48.9 Å². The van der Waals surface area contributed by atoms with Crippen LogP contribution in [0.25, 0.3) is 11.1 Å². The van der Waals surface area contributed by atoms with Crippen LogP contribution in [-0.4, -0.2) is 39.8 Å². The minimum atomic E-state index is -0.943. The van der Waals surface area contributed by atoms with Crippen LogP contribution in [0.5, 0.6) is 5.75 Å². The fourth-order valence-corrected chi connectivity index (χ4v) is 3.82. The molecule has 6 heteroatoms. The van der Waals surface area contributed by atoms with E-state index < -0.39 is 11.6 Å². The highest BCUT2D eigenvalue weighted by atomic mass is 19.2. The number of methoxy groups -OCH3 is 1. The quantitative estimate of drug-likeness (QED) is 0.349. The SMILES string of the molecule is CCCC1OCC(c2ccc(-c3ccc(OCCCCCCOC)c(F)c3F)cc2)CO1. The Kier molecular flexibility index (Phi) is 9.90. The van der Waals surface area contributed by atoms with Gasteiger partial charge in [0.1, 0.15) is 0 Å². The lowest BCUT2D eigenvalue weighted by atomic mass is 9.96. The molecule has 32 heavy (non-hydrogen) atoms. The molecule has 0 atom stereocenters. The second-order valence-corrected chi connectivity index (χ2v) is 8.20. The number of hydrogen-bond acceptors (Lipinski definition) is 4. The molecule has 0 radical (unpaired) electrons. The maximum Gasteiger partial charge on any atom is 0.201 e. The molecule has 1 aliphatic heterocycles. The van der Waals surface area contributed by atoms with E-state index in [9.17, 15) is 8.78 Å². The predicted octanol–water partition coefficient (Wildman–Crippen LogP) is 6.47. The van der Waals surface area contributed by atoms with Crippen molar-refractivity contribution in [1.29, 1.82) is 0 Å². The highest BCUT2D eigenvalue weighted by Gasteiger charge is 2.23. The van der Waals surface area contributed by atoms with Gasteiger partial charge in [-0.2, -0.15) is 4.39 Å². The molecular formula is C26H34F2O4. The topological polar surface area (TPSA) is 36.9 Å². The Morgan fingerprint density at radius 2 is 1.56 bits per heavy atom. The third-order valence-corrected chi connectivity index (χ3v) is 5.73. The highest BCUT2D eigenvalue weighted by Crippen LogP contribution is 2.32. The van der Waals surface area contributed by atoms with Crippen LogP contribution in [0.2, 0.25) is 0 Å². The van der Waals surface area contributed by atoms with Gasteiger partial charge in [0.2, 0.25) is 5.82 Å². The largest absolute Gasteiger partial charge is 0.490 e. The summed E-state index contributed by atoms with van der Waals surface area (Å²) < 4.78 is 51.3. The maximum atomic E-state index is 14.7. The first kappa shape index (κ1) is 24.6. The summed E-state index contributed by atoms with van der Waals surface area (Å²) in [4.78, 5) is 0. The molecule has 0 aromatic heterocycles. The van der Waals surface area contributed by atoms with Crippen LogP contribution in [0, 0.1) is 11.6 Å². The number of benzene rings is 2. The Morgan fingerprint density at radius 1 is 0.875 bits per heavy atom. The first-order valence-corrected chi connectivity index (χ1v) is 11.6. The molecule has 0 N–H and O–H groups in total. The number of ether oxygens (including phenoxy) is 4. The molecule has 0 aliphatic carbocycles. The van der Waals surface area contributed by atoms with Crippen molar-refractivity contribution in [2.45, 2.75) is 57.7 Å². The van der Waals surface area contributed by atoms with Gasteiger partial charge >= 0.3 is 0 Å². The zero-order chi connectivity index (χ0) is 22.8.